The van der Waals surface area contributed by atoms with Gasteiger partial charge in [0.15, 0.2) is 0 Å². The Bertz CT molecular complexity index is 277. The molecule has 1 saturated carbocycles. The van der Waals surface area contributed by atoms with Crippen molar-refractivity contribution in [1.29, 1.82) is 0 Å². The summed E-state index contributed by atoms with van der Waals surface area (Å²) in [6, 6.07) is 0.522. The van der Waals surface area contributed by atoms with Crippen molar-refractivity contribution in [2.75, 3.05) is 26.4 Å². The van der Waals surface area contributed by atoms with Crippen LogP contribution in [0.3, 0.4) is 0 Å². The number of ether oxygens (including phenoxy) is 2. The maximum atomic E-state index is 10.1. The van der Waals surface area contributed by atoms with Gasteiger partial charge in [0.05, 0.1) is 18.8 Å². The molecule has 2 N–H and O–H groups in total. The van der Waals surface area contributed by atoms with E-state index in [1.165, 1.54) is 25.7 Å². The summed E-state index contributed by atoms with van der Waals surface area (Å²) in [4.78, 5) is 0. The number of aliphatic hydroxyl groups excluding tert-OH is 1. The predicted molar refractivity (Wildman–Crippen MR) is 79.8 cm³/mol. The molecule has 0 aromatic rings. The first-order chi connectivity index (χ1) is 9.58. The van der Waals surface area contributed by atoms with Crippen molar-refractivity contribution in [2.24, 2.45) is 5.41 Å². The molecule has 0 amide bonds. The SMILES string of the molecule is CC1(C)CCCC[C@@H]1NC[C@@H](O)COC1CCOCC1. The molecule has 1 aliphatic heterocycles. The molecule has 4 heteroatoms. The Morgan fingerprint density at radius 2 is 2.00 bits per heavy atom. The first-order valence-corrected chi connectivity index (χ1v) is 8.19. The molecule has 2 atom stereocenters. The van der Waals surface area contributed by atoms with Crippen LogP contribution in [0.5, 0.6) is 0 Å². The minimum atomic E-state index is -0.407. The van der Waals surface area contributed by atoms with Crippen LogP contribution in [0.2, 0.25) is 0 Å². The highest BCUT2D eigenvalue weighted by Gasteiger charge is 2.32. The highest BCUT2D eigenvalue weighted by Crippen LogP contribution is 2.35. The van der Waals surface area contributed by atoms with Crippen LogP contribution in [0.25, 0.3) is 0 Å². The first kappa shape index (κ1) is 16.2. The van der Waals surface area contributed by atoms with E-state index in [0.717, 1.165) is 26.1 Å². The maximum Gasteiger partial charge on any atom is 0.0897 e. The molecule has 20 heavy (non-hydrogen) atoms. The van der Waals surface area contributed by atoms with E-state index < -0.39 is 6.10 Å². The number of rotatable bonds is 6. The Hall–Kier alpha value is -0.160. The average molecular weight is 285 g/mol. The molecule has 0 radical (unpaired) electrons. The molecule has 1 saturated heterocycles. The Kier molecular flexibility index (Phi) is 6.27. The zero-order chi connectivity index (χ0) is 14.4. The van der Waals surface area contributed by atoms with Crippen molar-refractivity contribution in [3.8, 4) is 0 Å². The number of hydrogen-bond acceptors (Lipinski definition) is 4. The standard InChI is InChI=1S/C16H31NO3/c1-16(2)8-4-3-5-15(16)17-11-13(18)12-20-14-6-9-19-10-7-14/h13-15,17-18H,3-12H2,1-2H3/t13-,15+/m1/s1. The lowest BCUT2D eigenvalue weighted by atomic mass is 9.73. The second kappa shape index (κ2) is 7.74. The van der Waals surface area contributed by atoms with Gasteiger partial charge in [0.2, 0.25) is 0 Å². The molecule has 118 valence electrons. The van der Waals surface area contributed by atoms with Gasteiger partial charge in [-0.25, -0.2) is 0 Å². The summed E-state index contributed by atoms with van der Waals surface area (Å²) >= 11 is 0. The van der Waals surface area contributed by atoms with Gasteiger partial charge in [0.1, 0.15) is 0 Å². The number of hydrogen-bond donors (Lipinski definition) is 2. The molecule has 4 nitrogen and oxygen atoms in total. The molecule has 0 aromatic carbocycles. The molecule has 0 unspecified atom stereocenters. The normalized spacial score (nSPS) is 29.2. The van der Waals surface area contributed by atoms with Crippen LogP contribution >= 0.6 is 0 Å². The number of nitrogens with one attached hydrogen (secondary N) is 1. The van der Waals surface area contributed by atoms with Gasteiger partial charge in [0.25, 0.3) is 0 Å². The van der Waals surface area contributed by atoms with Crippen molar-refractivity contribution in [2.45, 2.75) is 70.6 Å². The van der Waals surface area contributed by atoms with Gasteiger partial charge in [-0.2, -0.15) is 0 Å². The molecule has 0 aromatic heterocycles. The van der Waals surface area contributed by atoms with E-state index in [9.17, 15) is 5.11 Å². The van der Waals surface area contributed by atoms with Gasteiger partial charge in [-0.1, -0.05) is 26.7 Å². The quantitative estimate of drug-likeness (QED) is 0.785. The van der Waals surface area contributed by atoms with E-state index in [1.807, 2.05) is 0 Å². The van der Waals surface area contributed by atoms with E-state index in [-0.39, 0.29) is 6.10 Å². The monoisotopic (exact) mass is 285 g/mol. The summed E-state index contributed by atoms with van der Waals surface area (Å²) in [5.74, 6) is 0. The van der Waals surface area contributed by atoms with E-state index in [0.29, 0.717) is 24.6 Å². The van der Waals surface area contributed by atoms with Crippen LogP contribution in [-0.4, -0.2) is 49.7 Å². The third-order valence-corrected chi connectivity index (χ3v) is 4.80. The van der Waals surface area contributed by atoms with Crippen LogP contribution in [0.1, 0.15) is 52.4 Å². The lowest BCUT2D eigenvalue weighted by molar-refractivity contribution is -0.0596. The smallest absolute Gasteiger partial charge is 0.0897 e. The molecule has 1 aliphatic carbocycles. The second-order valence-electron chi connectivity index (χ2n) is 6.99. The van der Waals surface area contributed by atoms with Gasteiger partial charge in [-0.15, -0.1) is 0 Å². The van der Waals surface area contributed by atoms with Crippen molar-refractivity contribution in [3.63, 3.8) is 0 Å². The molecule has 2 fully saturated rings. The fourth-order valence-electron chi connectivity index (χ4n) is 3.30. The van der Waals surface area contributed by atoms with E-state index in [4.69, 9.17) is 9.47 Å². The van der Waals surface area contributed by atoms with Crippen LogP contribution in [0.4, 0.5) is 0 Å². The highest BCUT2D eigenvalue weighted by atomic mass is 16.5. The third kappa shape index (κ3) is 4.99. The lowest BCUT2D eigenvalue weighted by Crippen LogP contribution is -2.47. The van der Waals surface area contributed by atoms with Crippen molar-refractivity contribution in [3.05, 3.63) is 0 Å². The van der Waals surface area contributed by atoms with Crippen LogP contribution < -0.4 is 5.32 Å². The molecular formula is C16H31NO3. The lowest BCUT2D eigenvalue weighted by Gasteiger charge is -2.39. The van der Waals surface area contributed by atoms with Crippen LogP contribution in [-0.2, 0) is 9.47 Å². The van der Waals surface area contributed by atoms with Crippen LogP contribution in [0.15, 0.2) is 0 Å². The first-order valence-electron chi connectivity index (χ1n) is 8.19. The Labute approximate surface area is 123 Å². The predicted octanol–water partition coefficient (Wildman–Crippen LogP) is 2.10. The molecule has 0 spiro atoms. The van der Waals surface area contributed by atoms with Gasteiger partial charge in [-0.05, 0) is 31.1 Å². The molecule has 0 bridgehead atoms. The zero-order valence-electron chi connectivity index (χ0n) is 13.1. The van der Waals surface area contributed by atoms with Gasteiger partial charge < -0.3 is 19.9 Å². The summed E-state index contributed by atoms with van der Waals surface area (Å²) in [6.45, 7) is 7.30. The minimum Gasteiger partial charge on any atom is -0.389 e. The summed E-state index contributed by atoms with van der Waals surface area (Å²) in [5, 5.41) is 13.6. The summed E-state index contributed by atoms with van der Waals surface area (Å²) in [6.07, 6.45) is 6.90. The van der Waals surface area contributed by atoms with E-state index in [2.05, 4.69) is 19.2 Å². The highest BCUT2D eigenvalue weighted by molar-refractivity contribution is 4.88. The van der Waals surface area contributed by atoms with Crippen LogP contribution in [0, 0.1) is 5.41 Å². The summed E-state index contributed by atoms with van der Waals surface area (Å²) < 4.78 is 11.1. The Morgan fingerprint density at radius 3 is 2.70 bits per heavy atom. The largest absolute Gasteiger partial charge is 0.389 e. The number of aliphatic hydroxyl groups is 1. The van der Waals surface area contributed by atoms with E-state index >= 15 is 0 Å². The molecule has 2 rings (SSSR count). The van der Waals surface area contributed by atoms with Crippen molar-refractivity contribution in [1.82, 2.24) is 5.32 Å². The third-order valence-electron chi connectivity index (χ3n) is 4.80. The van der Waals surface area contributed by atoms with Gasteiger partial charge in [-0.3, -0.25) is 0 Å². The fraction of sp³-hybridized carbons (Fsp3) is 1.00. The maximum absolute atomic E-state index is 10.1. The fourth-order valence-corrected chi connectivity index (χ4v) is 3.30. The van der Waals surface area contributed by atoms with Crippen molar-refractivity contribution >= 4 is 0 Å². The minimum absolute atomic E-state index is 0.268. The molecule has 1 heterocycles. The second-order valence-corrected chi connectivity index (χ2v) is 6.99. The molecule has 2 aliphatic rings. The summed E-state index contributed by atoms with van der Waals surface area (Å²) in [5.41, 5.74) is 0.347. The van der Waals surface area contributed by atoms with E-state index in [1.54, 1.807) is 0 Å². The van der Waals surface area contributed by atoms with Crippen molar-refractivity contribution < 1.29 is 14.6 Å². The zero-order valence-corrected chi connectivity index (χ0v) is 13.1. The Morgan fingerprint density at radius 1 is 1.25 bits per heavy atom. The average Bonchev–Trinajstić information content (AvgIpc) is 2.44. The van der Waals surface area contributed by atoms with Gasteiger partial charge >= 0.3 is 0 Å². The topological polar surface area (TPSA) is 50.7 Å². The Balaban J connectivity index is 1.62. The summed E-state index contributed by atoms with van der Waals surface area (Å²) in [7, 11) is 0. The molecular weight excluding hydrogens is 254 g/mol. The van der Waals surface area contributed by atoms with Gasteiger partial charge in [0, 0.05) is 25.8 Å².